The van der Waals surface area contributed by atoms with Crippen molar-refractivity contribution < 1.29 is 9.53 Å². The van der Waals surface area contributed by atoms with Gasteiger partial charge < -0.3 is 4.74 Å². The van der Waals surface area contributed by atoms with E-state index >= 15 is 0 Å². The van der Waals surface area contributed by atoms with E-state index in [2.05, 4.69) is 34.6 Å². The molecule has 0 aromatic heterocycles. The van der Waals surface area contributed by atoms with Gasteiger partial charge in [0.05, 0.1) is 12.5 Å². The lowest BCUT2D eigenvalue weighted by Gasteiger charge is -2.21. The van der Waals surface area contributed by atoms with Crippen LogP contribution in [0.1, 0.15) is 105 Å². The Hall–Kier alpha value is -0.530. The summed E-state index contributed by atoms with van der Waals surface area (Å²) >= 11 is 0. The molecule has 0 radical (unpaired) electrons. The van der Waals surface area contributed by atoms with E-state index in [1.807, 2.05) is 0 Å². The number of hydrogen-bond acceptors (Lipinski definition) is 2. The summed E-state index contributed by atoms with van der Waals surface area (Å²) in [4.78, 5) is 12.2. The number of unbranched alkanes of at least 4 members (excludes halogenated alkanes) is 9. The first-order valence-electron chi connectivity index (χ1n) is 10.2. The van der Waals surface area contributed by atoms with Gasteiger partial charge in [0, 0.05) is 0 Å². The van der Waals surface area contributed by atoms with Crippen LogP contribution in [0, 0.1) is 17.8 Å². The molecule has 0 saturated heterocycles. The van der Waals surface area contributed by atoms with Gasteiger partial charge in [-0.1, -0.05) is 92.4 Å². The Kier molecular flexibility index (Phi) is 14.7. The maximum atomic E-state index is 12.2. The zero-order valence-electron chi connectivity index (χ0n) is 16.5. The van der Waals surface area contributed by atoms with Crippen LogP contribution in [0.2, 0.25) is 0 Å². The number of esters is 1. The summed E-state index contributed by atoms with van der Waals surface area (Å²) < 4.78 is 5.50. The molecule has 1 unspecified atom stereocenters. The number of rotatable bonds is 15. The molecule has 0 amide bonds. The van der Waals surface area contributed by atoms with Crippen molar-refractivity contribution in [3.8, 4) is 0 Å². The molecular weight excluding hydrogens is 284 g/mol. The van der Waals surface area contributed by atoms with Crippen LogP contribution in [0.25, 0.3) is 0 Å². The standard InChI is InChI=1S/C21H42O2/c1-6-7-8-9-10-11-12-13-14-15-16-23-21(22)20(19(4)5)17-18(2)3/h18-20H,6-17H2,1-5H3. The molecule has 0 aliphatic rings. The Labute approximate surface area is 145 Å². The lowest BCUT2D eigenvalue weighted by atomic mass is 9.88. The van der Waals surface area contributed by atoms with E-state index < -0.39 is 0 Å². The van der Waals surface area contributed by atoms with Crippen molar-refractivity contribution in [2.24, 2.45) is 17.8 Å². The lowest BCUT2D eigenvalue weighted by molar-refractivity contribution is -0.151. The second-order valence-corrected chi connectivity index (χ2v) is 7.83. The first-order chi connectivity index (χ1) is 11.0. The number of hydrogen-bond donors (Lipinski definition) is 0. The minimum Gasteiger partial charge on any atom is -0.465 e. The van der Waals surface area contributed by atoms with Crippen molar-refractivity contribution in [3.05, 3.63) is 0 Å². The van der Waals surface area contributed by atoms with Crippen LogP contribution in [0.3, 0.4) is 0 Å². The van der Waals surface area contributed by atoms with Gasteiger partial charge in [0.2, 0.25) is 0 Å². The van der Waals surface area contributed by atoms with Crippen LogP contribution in [-0.2, 0) is 9.53 Å². The fourth-order valence-electron chi connectivity index (χ4n) is 3.02. The van der Waals surface area contributed by atoms with Crippen molar-refractivity contribution in [1.29, 1.82) is 0 Å². The van der Waals surface area contributed by atoms with Crippen LogP contribution < -0.4 is 0 Å². The zero-order chi connectivity index (χ0) is 17.5. The van der Waals surface area contributed by atoms with Gasteiger partial charge in [-0.25, -0.2) is 0 Å². The summed E-state index contributed by atoms with van der Waals surface area (Å²) in [6.07, 6.45) is 14.0. The predicted octanol–water partition coefficient (Wildman–Crippen LogP) is 6.77. The molecule has 0 saturated carbocycles. The fraction of sp³-hybridized carbons (Fsp3) is 0.952. The van der Waals surface area contributed by atoms with Gasteiger partial charge in [-0.05, 0) is 24.7 Å². The molecule has 1 atom stereocenters. The van der Waals surface area contributed by atoms with Crippen molar-refractivity contribution >= 4 is 5.97 Å². The molecule has 0 spiro atoms. The lowest BCUT2D eigenvalue weighted by Crippen LogP contribution is -2.24. The molecule has 0 N–H and O–H groups in total. The van der Waals surface area contributed by atoms with E-state index in [-0.39, 0.29) is 11.9 Å². The monoisotopic (exact) mass is 326 g/mol. The maximum Gasteiger partial charge on any atom is 0.309 e. The van der Waals surface area contributed by atoms with Gasteiger partial charge >= 0.3 is 5.97 Å². The minimum atomic E-state index is 0.0182. The molecule has 0 aromatic rings. The Balaban J connectivity index is 3.54. The molecule has 0 aliphatic carbocycles. The van der Waals surface area contributed by atoms with E-state index in [0.717, 1.165) is 12.8 Å². The fourth-order valence-corrected chi connectivity index (χ4v) is 3.02. The van der Waals surface area contributed by atoms with Gasteiger partial charge in [-0.3, -0.25) is 4.79 Å². The largest absolute Gasteiger partial charge is 0.465 e. The molecule has 0 rings (SSSR count). The van der Waals surface area contributed by atoms with Gasteiger partial charge in [0.15, 0.2) is 0 Å². The molecule has 0 aliphatic heterocycles. The second-order valence-electron chi connectivity index (χ2n) is 7.83. The molecule has 0 aromatic carbocycles. The zero-order valence-corrected chi connectivity index (χ0v) is 16.5. The molecular formula is C21H42O2. The van der Waals surface area contributed by atoms with Crippen molar-refractivity contribution in [2.45, 2.75) is 105 Å². The van der Waals surface area contributed by atoms with E-state index in [1.54, 1.807) is 0 Å². The molecule has 23 heavy (non-hydrogen) atoms. The maximum absolute atomic E-state index is 12.2. The second kappa shape index (κ2) is 15.0. The average Bonchev–Trinajstić information content (AvgIpc) is 2.49. The Morgan fingerprint density at radius 2 is 1.26 bits per heavy atom. The van der Waals surface area contributed by atoms with Crippen LogP contribution in [0.4, 0.5) is 0 Å². The van der Waals surface area contributed by atoms with Gasteiger partial charge in [0.1, 0.15) is 0 Å². The Morgan fingerprint density at radius 3 is 1.70 bits per heavy atom. The van der Waals surface area contributed by atoms with Gasteiger partial charge in [0.25, 0.3) is 0 Å². The highest BCUT2D eigenvalue weighted by molar-refractivity contribution is 5.72. The van der Waals surface area contributed by atoms with Crippen molar-refractivity contribution in [3.63, 3.8) is 0 Å². The highest BCUT2D eigenvalue weighted by Crippen LogP contribution is 2.22. The van der Waals surface area contributed by atoms with Crippen LogP contribution >= 0.6 is 0 Å². The minimum absolute atomic E-state index is 0.0182. The van der Waals surface area contributed by atoms with Crippen molar-refractivity contribution in [1.82, 2.24) is 0 Å². The number of carbonyl (C=O) groups excluding carboxylic acids is 1. The molecule has 0 bridgehead atoms. The summed E-state index contributed by atoms with van der Waals surface area (Å²) in [7, 11) is 0. The van der Waals surface area contributed by atoms with Crippen molar-refractivity contribution in [2.75, 3.05) is 6.61 Å². The van der Waals surface area contributed by atoms with Crippen LogP contribution in [-0.4, -0.2) is 12.6 Å². The number of carbonyl (C=O) groups is 1. The highest BCUT2D eigenvalue weighted by Gasteiger charge is 2.24. The topological polar surface area (TPSA) is 26.3 Å². The molecule has 2 heteroatoms. The van der Waals surface area contributed by atoms with Crippen LogP contribution in [0.15, 0.2) is 0 Å². The molecule has 0 heterocycles. The van der Waals surface area contributed by atoms with E-state index in [9.17, 15) is 4.79 Å². The average molecular weight is 327 g/mol. The summed E-state index contributed by atoms with van der Waals surface area (Å²) in [6.45, 7) is 11.5. The summed E-state index contributed by atoms with van der Waals surface area (Å²) in [6, 6.07) is 0. The van der Waals surface area contributed by atoms with E-state index in [4.69, 9.17) is 4.74 Å². The Morgan fingerprint density at radius 1 is 0.783 bits per heavy atom. The smallest absolute Gasteiger partial charge is 0.309 e. The number of ether oxygens (including phenoxy) is 1. The first kappa shape index (κ1) is 22.5. The predicted molar refractivity (Wildman–Crippen MR) is 101 cm³/mol. The molecule has 2 nitrogen and oxygen atoms in total. The SMILES string of the molecule is CCCCCCCCCCCCOC(=O)C(CC(C)C)C(C)C. The summed E-state index contributed by atoms with van der Waals surface area (Å²) in [5, 5.41) is 0. The summed E-state index contributed by atoms with van der Waals surface area (Å²) in [5.74, 6) is 1.01. The molecule has 0 fully saturated rings. The third-order valence-corrected chi connectivity index (χ3v) is 4.58. The third kappa shape index (κ3) is 13.6. The highest BCUT2D eigenvalue weighted by atomic mass is 16.5. The molecule has 138 valence electrons. The third-order valence-electron chi connectivity index (χ3n) is 4.58. The first-order valence-corrected chi connectivity index (χ1v) is 10.2. The van der Waals surface area contributed by atoms with Gasteiger partial charge in [-0.15, -0.1) is 0 Å². The van der Waals surface area contributed by atoms with Crippen LogP contribution in [0.5, 0.6) is 0 Å². The summed E-state index contributed by atoms with van der Waals surface area (Å²) in [5.41, 5.74) is 0. The van der Waals surface area contributed by atoms with E-state index in [1.165, 1.54) is 57.8 Å². The van der Waals surface area contributed by atoms with E-state index in [0.29, 0.717) is 18.4 Å². The normalized spacial score (nSPS) is 12.8. The quantitative estimate of drug-likeness (QED) is 0.245. The van der Waals surface area contributed by atoms with Gasteiger partial charge in [-0.2, -0.15) is 0 Å². The Bertz CT molecular complexity index is 271.